The van der Waals surface area contributed by atoms with E-state index in [1.54, 1.807) is 17.0 Å². The topological polar surface area (TPSA) is 66.0 Å². The van der Waals surface area contributed by atoms with Gasteiger partial charge in [-0.2, -0.15) is 15.0 Å². The quantitative estimate of drug-likeness (QED) is 0.852. The second-order valence-corrected chi connectivity index (χ2v) is 4.74. The molecular weight excluding hydrogens is 271 g/mol. The summed E-state index contributed by atoms with van der Waals surface area (Å²) >= 11 is 0. The van der Waals surface area contributed by atoms with Crippen LogP contribution in [0.4, 0.5) is 27.9 Å². The first kappa shape index (κ1) is 15.0. The fourth-order valence-electron chi connectivity index (χ4n) is 1.60. The lowest BCUT2D eigenvalue weighted by Gasteiger charge is -2.14. The van der Waals surface area contributed by atoms with Gasteiger partial charge in [-0.05, 0) is 30.7 Å². The Labute approximate surface area is 123 Å². The minimum Gasteiger partial charge on any atom is -0.354 e. The predicted molar refractivity (Wildman–Crippen MR) is 82.6 cm³/mol. The Morgan fingerprint density at radius 3 is 2.33 bits per heavy atom. The van der Waals surface area contributed by atoms with E-state index in [9.17, 15) is 4.39 Å². The maximum atomic E-state index is 12.9. The monoisotopic (exact) mass is 290 g/mol. The van der Waals surface area contributed by atoms with Crippen LogP contribution in [0.15, 0.2) is 24.3 Å². The molecule has 2 N–H and O–H groups in total. The van der Waals surface area contributed by atoms with E-state index in [0.717, 1.165) is 13.0 Å². The summed E-state index contributed by atoms with van der Waals surface area (Å²) in [4.78, 5) is 14.7. The number of aromatic nitrogens is 3. The maximum absolute atomic E-state index is 12.9. The molecule has 112 valence electrons. The molecule has 0 bridgehead atoms. The molecule has 0 fully saturated rings. The van der Waals surface area contributed by atoms with Crippen LogP contribution in [0.25, 0.3) is 0 Å². The number of nitrogens with one attached hydrogen (secondary N) is 2. The van der Waals surface area contributed by atoms with E-state index in [1.807, 2.05) is 14.1 Å². The minimum absolute atomic E-state index is 0.282. The summed E-state index contributed by atoms with van der Waals surface area (Å²) in [7, 11) is 3.72. The van der Waals surface area contributed by atoms with Gasteiger partial charge in [0, 0.05) is 26.3 Å². The first-order valence-electron chi connectivity index (χ1n) is 6.78. The van der Waals surface area contributed by atoms with Crippen molar-refractivity contribution >= 4 is 23.5 Å². The van der Waals surface area contributed by atoms with E-state index in [0.29, 0.717) is 23.5 Å². The van der Waals surface area contributed by atoms with Crippen molar-refractivity contribution in [2.45, 2.75) is 13.3 Å². The normalized spacial score (nSPS) is 10.3. The van der Waals surface area contributed by atoms with Crippen LogP contribution in [0.5, 0.6) is 0 Å². The fraction of sp³-hybridized carbons (Fsp3) is 0.357. The third-order valence-corrected chi connectivity index (χ3v) is 2.66. The van der Waals surface area contributed by atoms with E-state index in [1.165, 1.54) is 12.1 Å². The van der Waals surface area contributed by atoms with Crippen molar-refractivity contribution in [2.75, 3.05) is 36.2 Å². The third-order valence-electron chi connectivity index (χ3n) is 2.66. The van der Waals surface area contributed by atoms with Crippen molar-refractivity contribution in [3.8, 4) is 0 Å². The first-order valence-corrected chi connectivity index (χ1v) is 6.78. The largest absolute Gasteiger partial charge is 0.354 e. The Morgan fingerprint density at radius 2 is 1.71 bits per heavy atom. The van der Waals surface area contributed by atoms with Crippen LogP contribution in [0.1, 0.15) is 13.3 Å². The highest BCUT2D eigenvalue weighted by Gasteiger charge is 2.08. The van der Waals surface area contributed by atoms with Crippen LogP contribution in [-0.2, 0) is 0 Å². The van der Waals surface area contributed by atoms with Crippen molar-refractivity contribution in [1.29, 1.82) is 0 Å². The molecular formula is C14H19FN6. The second kappa shape index (κ2) is 6.83. The second-order valence-electron chi connectivity index (χ2n) is 4.74. The number of rotatable bonds is 6. The molecule has 0 aliphatic carbocycles. The van der Waals surface area contributed by atoms with E-state index in [2.05, 4.69) is 32.5 Å². The molecule has 0 amide bonds. The molecule has 0 atom stereocenters. The van der Waals surface area contributed by atoms with Crippen molar-refractivity contribution in [3.63, 3.8) is 0 Å². The fourth-order valence-corrected chi connectivity index (χ4v) is 1.60. The molecule has 0 aliphatic heterocycles. The van der Waals surface area contributed by atoms with Gasteiger partial charge in [-0.3, -0.25) is 0 Å². The molecule has 0 radical (unpaired) electrons. The Bertz CT molecular complexity index is 585. The van der Waals surface area contributed by atoms with Crippen molar-refractivity contribution in [1.82, 2.24) is 15.0 Å². The van der Waals surface area contributed by atoms with E-state index >= 15 is 0 Å². The number of hydrogen-bond donors (Lipinski definition) is 2. The van der Waals surface area contributed by atoms with Gasteiger partial charge in [0.25, 0.3) is 0 Å². The zero-order chi connectivity index (χ0) is 15.2. The standard InChI is InChI=1S/C14H19FN6/c1-4-9-16-12-18-13(20-14(19-12)21(2)3)17-11-7-5-10(15)6-8-11/h5-8H,4,9H2,1-3H3,(H2,16,17,18,19,20). The van der Waals surface area contributed by atoms with Gasteiger partial charge >= 0.3 is 0 Å². The van der Waals surface area contributed by atoms with E-state index in [-0.39, 0.29) is 5.82 Å². The summed E-state index contributed by atoms with van der Waals surface area (Å²) in [6.07, 6.45) is 0.976. The lowest BCUT2D eigenvalue weighted by molar-refractivity contribution is 0.628. The molecule has 1 aromatic carbocycles. The highest BCUT2D eigenvalue weighted by atomic mass is 19.1. The van der Waals surface area contributed by atoms with Crippen LogP contribution >= 0.6 is 0 Å². The first-order chi connectivity index (χ1) is 10.1. The lowest BCUT2D eigenvalue weighted by atomic mass is 10.3. The van der Waals surface area contributed by atoms with Crippen LogP contribution in [-0.4, -0.2) is 35.6 Å². The summed E-state index contributed by atoms with van der Waals surface area (Å²) in [6, 6.07) is 6.03. The van der Waals surface area contributed by atoms with Gasteiger partial charge in [-0.15, -0.1) is 0 Å². The molecule has 21 heavy (non-hydrogen) atoms. The van der Waals surface area contributed by atoms with Gasteiger partial charge in [-0.1, -0.05) is 6.92 Å². The molecule has 1 aromatic heterocycles. The maximum Gasteiger partial charge on any atom is 0.233 e. The van der Waals surface area contributed by atoms with Gasteiger partial charge in [-0.25, -0.2) is 4.39 Å². The van der Waals surface area contributed by atoms with E-state index < -0.39 is 0 Å². The van der Waals surface area contributed by atoms with Crippen molar-refractivity contribution in [2.24, 2.45) is 0 Å². The smallest absolute Gasteiger partial charge is 0.233 e. The number of benzene rings is 1. The number of hydrogen-bond acceptors (Lipinski definition) is 6. The molecule has 2 rings (SSSR count). The van der Waals surface area contributed by atoms with Gasteiger partial charge in [0.05, 0.1) is 0 Å². The van der Waals surface area contributed by atoms with Crippen molar-refractivity contribution < 1.29 is 4.39 Å². The Balaban J connectivity index is 2.24. The zero-order valence-corrected chi connectivity index (χ0v) is 12.4. The lowest BCUT2D eigenvalue weighted by Crippen LogP contribution is -2.16. The molecule has 2 aromatic rings. The summed E-state index contributed by atoms with van der Waals surface area (Å²) in [6.45, 7) is 2.85. The third kappa shape index (κ3) is 4.27. The molecule has 6 nitrogen and oxygen atoms in total. The predicted octanol–water partition coefficient (Wildman–Crippen LogP) is 2.64. The SMILES string of the molecule is CCCNc1nc(Nc2ccc(F)cc2)nc(N(C)C)n1. The zero-order valence-electron chi connectivity index (χ0n) is 12.4. The Morgan fingerprint density at radius 1 is 1.05 bits per heavy atom. The average molecular weight is 290 g/mol. The Hall–Kier alpha value is -2.44. The summed E-state index contributed by atoms with van der Waals surface area (Å²) in [5, 5.41) is 6.18. The molecule has 1 heterocycles. The summed E-state index contributed by atoms with van der Waals surface area (Å²) < 4.78 is 12.9. The van der Waals surface area contributed by atoms with Crippen LogP contribution in [0.3, 0.4) is 0 Å². The average Bonchev–Trinajstić information content (AvgIpc) is 2.47. The molecule has 0 saturated heterocycles. The molecule has 7 heteroatoms. The number of anilines is 4. The van der Waals surface area contributed by atoms with E-state index in [4.69, 9.17) is 0 Å². The summed E-state index contributed by atoms with van der Waals surface area (Å²) in [5.41, 5.74) is 0.716. The van der Waals surface area contributed by atoms with Crippen LogP contribution in [0.2, 0.25) is 0 Å². The summed E-state index contributed by atoms with van der Waals surface area (Å²) in [5.74, 6) is 1.20. The van der Waals surface area contributed by atoms with Gasteiger partial charge in [0.15, 0.2) is 0 Å². The molecule has 0 spiro atoms. The number of halogens is 1. The van der Waals surface area contributed by atoms with Gasteiger partial charge in [0.1, 0.15) is 5.82 Å². The highest BCUT2D eigenvalue weighted by molar-refractivity contribution is 5.55. The van der Waals surface area contributed by atoms with Crippen molar-refractivity contribution in [3.05, 3.63) is 30.1 Å². The molecule has 0 unspecified atom stereocenters. The molecule has 0 aliphatic rings. The van der Waals surface area contributed by atoms with Crippen LogP contribution in [0, 0.1) is 5.82 Å². The number of nitrogens with zero attached hydrogens (tertiary/aromatic N) is 4. The van der Waals surface area contributed by atoms with Gasteiger partial charge < -0.3 is 15.5 Å². The van der Waals surface area contributed by atoms with Gasteiger partial charge in [0.2, 0.25) is 17.8 Å². The Kier molecular flexibility index (Phi) is 4.86. The minimum atomic E-state index is -0.282. The molecule has 0 saturated carbocycles. The van der Waals surface area contributed by atoms with Crippen LogP contribution < -0.4 is 15.5 Å². The highest BCUT2D eigenvalue weighted by Crippen LogP contribution is 2.17.